The van der Waals surface area contributed by atoms with Gasteiger partial charge in [-0.25, -0.2) is 0 Å². The molecule has 0 aromatic heterocycles. The normalized spacial score (nSPS) is 29.1. The van der Waals surface area contributed by atoms with Crippen LogP contribution in [-0.2, 0) is 4.79 Å². The van der Waals surface area contributed by atoms with Crippen LogP contribution in [0.4, 0.5) is 0 Å². The van der Waals surface area contributed by atoms with Gasteiger partial charge in [0, 0.05) is 12.6 Å². The molecule has 3 heteroatoms. The third-order valence-electron chi connectivity index (χ3n) is 4.06. The van der Waals surface area contributed by atoms with Crippen molar-refractivity contribution >= 4 is 5.91 Å². The van der Waals surface area contributed by atoms with E-state index in [-0.39, 0.29) is 6.04 Å². The zero-order valence-electron chi connectivity index (χ0n) is 11.2. The maximum Gasteiger partial charge on any atom is 0.240 e. The average molecular weight is 238 g/mol. The van der Waals surface area contributed by atoms with Gasteiger partial charge in [-0.05, 0) is 44.6 Å². The number of amides is 1. The van der Waals surface area contributed by atoms with Crippen LogP contribution in [0, 0.1) is 5.92 Å². The lowest BCUT2D eigenvalue weighted by atomic mass is 9.91. The van der Waals surface area contributed by atoms with Gasteiger partial charge < -0.3 is 10.2 Å². The summed E-state index contributed by atoms with van der Waals surface area (Å²) < 4.78 is 0. The molecule has 1 aliphatic heterocycles. The highest BCUT2D eigenvalue weighted by Crippen LogP contribution is 2.29. The smallest absolute Gasteiger partial charge is 0.240 e. The van der Waals surface area contributed by atoms with Gasteiger partial charge in [0.15, 0.2) is 0 Å². The summed E-state index contributed by atoms with van der Waals surface area (Å²) in [4.78, 5) is 14.7. The van der Waals surface area contributed by atoms with E-state index in [4.69, 9.17) is 0 Å². The van der Waals surface area contributed by atoms with E-state index in [1.54, 1.807) is 0 Å². The van der Waals surface area contributed by atoms with Crippen molar-refractivity contribution in [1.82, 2.24) is 10.2 Å². The minimum absolute atomic E-state index is 0.0845. The third kappa shape index (κ3) is 3.21. The molecule has 2 fully saturated rings. The molecule has 1 heterocycles. The minimum atomic E-state index is 0.0845. The van der Waals surface area contributed by atoms with Crippen molar-refractivity contribution in [3.05, 3.63) is 0 Å². The SMILES string of the molecule is CCCCN(C(=O)C1NCCCC1C)C1CC1. The number of nitrogens with one attached hydrogen (secondary N) is 1. The lowest BCUT2D eigenvalue weighted by Crippen LogP contribution is -2.53. The number of piperidine rings is 1. The molecular formula is C14H26N2O. The van der Waals surface area contributed by atoms with Gasteiger partial charge in [-0.1, -0.05) is 20.3 Å². The van der Waals surface area contributed by atoms with E-state index in [9.17, 15) is 4.79 Å². The molecule has 1 amide bonds. The summed E-state index contributed by atoms with van der Waals surface area (Å²) in [7, 11) is 0. The van der Waals surface area contributed by atoms with E-state index < -0.39 is 0 Å². The van der Waals surface area contributed by atoms with Crippen LogP contribution in [0.25, 0.3) is 0 Å². The van der Waals surface area contributed by atoms with Crippen LogP contribution in [0.2, 0.25) is 0 Å². The van der Waals surface area contributed by atoms with Crippen molar-refractivity contribution in [3.63, 3.8) is 0 Å². The predicted molar refractivity (Wildman–Crippen MR) is 69.8 cm³/mol. The summed E-state index contributed by atoms with van der Waals surface area (Å²) in [5.41, 5.74) is 0. The van der Waals surface area contributed by atoms with Crippen molar-refractivity contribution < 1.29 is 4.79 Å². The van der Waals surface area contributed by atoms with Crippen molar-refractivity contribution in [3.8, 4) is 0 Å². The maximum absolute atomic E-state index is 12.6. The molecule has 1 N–H and O–H groups in total. The van der Waals surface area contributed by atoms with E-state index in [0.29, 0.717) is 17.9 Å². The molecule has 0 spiro atoms. The third-order valence-corrected chi connectivity index (χ3v) is 4.06. The fourth-order valence-corrected chi connectivity index (χ4v) is 2.75. The largest absolute Gasteiger partial charge is 0.338 e. The number of carbonyl (C=O) groups is 1. The minimum Gasteiger partial charge on any atom is -0.338 e. The average Bonchev–Trinajstić information content (AvgIpc) is 3.14. The first-order valence-corrected chi connectivity index (χ1v) is 7.28. The van der Waals surface area contributed by atoms with Crippen LogP contribution in [0.3, 0.4) is 0 Å². The van der Waals surface area contributed by atoms with Crippen molar-refractivity contribution in [2.75, 3.05) is 13.1 Å². The van der Waals surface area contributed by atoms with E-state index >= 15 is 0 Å². The van der Waals surface area contributed by atoms with Crippen LogP contribution in [0.1, 0.15) is 52.4 Å². The Morgan fingerprint density at radius 3 is 2.71 bits per heavy atom. The Morgan fingerprint density at radius 1 is 1.35 bits per heavy atom. The Balaban J connectivity index is 1.94. The van der Waals surface area contributed by atoms with Crippen LogP contribution in [-0.4, -0.2) is 36.0 Å². The number of nitrogens with zero attached hydrogens (tertiary/aromatic N) is 1. The maximum atomic E-state index is 12.6. The van der Waals surface area contributed by atoms with Crippen molar-refractivity contribution in [1.29, 1.82) is 0 Å². The fraction of sp³-hybridized carbons (Fsp3) is 0.929. The molecule has 0 bridgehead atoms. The molecule has 17 heavy (non-hydrogen) atoms. The Morgan fingerprint density at radius 2 is 2.12 bits per heavy atom. The fourth-order valence-electron chi connectivity index (χ4n) is 2.75. The second-order valence-electron chi connectivity index (χ2n) is 5.67. The van der Waals surface area contributed by atoms with Crippen LogP contribution < -0.4 is 5.32 Å². The molecule has 2 unspecified atom stereocenters. The molecule has 1 aliphatic carbocycles. The topological polar surface area (TPSA) is 32.3 Å². The van der Waals surface area contributed by atoms with Crippen LogP contribution >= 0.6 is 0 Å². The molecule has 1 saturated heterocycles. The predicted octanol–water partition coefficient (Wildman–Crippen LogP) is 2.17. The molecule has 2 rings (SSSR count). The van der Waals surface area contributed by atoms with Gasteiger partial charge >= 0.3 is 0 Å². The molecule has 98 valence electrons. The van der Waals surface area contributed by atoms with E-state index in [0.717, 1.165) is 19.5 Å². The summed E-state index contributed by atoms with van der Waals surface area (Å²) in [6.45, 7) is 6.37. The van der Waals surface area contributed by atoms with Crippen molar-refractivity contribution in [2.45, 2.75) is 64.5 Å². The number of hydrogen-bond donors (Lipinski definition) is 1. The Kier molecular flexibility index (Phi) is 4.43. The van der Waals surface area contributed by atoms with E-state index in [1.807, 2.05) is 0 Å². The van der Waals surface area contributed by atoms with Crippen LogP contribution in [0.15, 0.2) is 0 Å². The second kappa shape index (κ2) is 5.85. The van der Waals surface area contributed by atoms with Crippen molar-refractivity contribution in [2.24, 2.45) is 5.92 Å². The first kappa shape index (κ1) is 12.9. The lowest BCUT2D eigenvalue weighted by Gasteiger charge is -2.34. The molecule has 2 aliphatic rings. The van der Waals surface area contributed by atoms with E-state index in [2.05, 4.69) is 24.1 Å². The zero-order chi connectivity index (χ0) is 12.3. The van der Waals surface area contributed by atoms with Gasteiger partial charge in [0.1, 0.15) is 0 Å². The summed E-state index contributed by atoms with van der Waals surface area (Å²) >= 11 is 0. The lowest BCUT2D eigenvalue weighted by molar-refractivity contribution is -0.136. The monoisotopic (exact) mass is 238 g/mol. The van der Waals surface area contributed by atoms with Gasteiger partial charge in [-0.2, -0.15) is 0 Å². The molecule has 2 atom stereocenters. The Bertz CT molecular complexity index is 263. The molecular weight excluding hydrogens is 212 g/mol. The van der Waals surface area contributed by atoms with Gasteiger partial charge in [-0.15, -0.1) is 0 Å². The summed E-state index contributed by atoms with van der Waals surface area (Å²) in [6.07, 6.45) is 7.15. The zero-order valence-corrected chi connectivity index (χ0v) is 11.2. The second-order valence-corrected chi connectivity index (χ2v) is 5.67. The van der Waals surface area contributed by atoms with Gasteiger partial charge in [0.05, 0.1) is 6.04 Å². The number of carbonyl (C=O) groups excluding carboxylic acids is 1. The molecule has 0 aromatic rings. The standard InChI is InChI=1S/C14H26N2O/c1-3-4-10-16(12-7-8-12)14(17)13-11(2)6-5-9-15-13/h11-13,15H,3-10H2,1-2H3. The van der Waals surface area contributed by atoms with Gasteiger partial charge in [0.2, 0.25) is 5.91 Å². The number of hydrogen-bond acceptors (Lipinski definition) is 2. The van der Waals surface area contributed by atoms with Gasteiger partial charge in [-0.3, -0.25) is 4.79 Å². The first-order valence-electron chi connectivity index (χ1n) is 7.28. The summed E-state index contributed by atoms with van der Waals surface area (Å²) in [6, 6.07) is 0.645. The molecule has 3 nitrogen and oxygen atoms in total. The molecule has 1 saturated carbocycles. The molecule has 0 radical (unpaired) electrons. The Hall–Kier alpha value is -0.570. The van der Waals surface area contributed by atoms with Crippen LogP contribution in [0.5, 0.6) is 0 Å². The highest BCUT2D eigenvalue weighted by molar-refractivity contribution is 5.83. The highest BCUT2D eigenvalue weighted by atomic mass is 16.2. The summed E-state index contributed by atoms with van der Waals surface area (Å²) in [5, 5.41) is 3.42. The number of rotatable bonds is 5. The summed E-state index contributed by atoms with van der Waals surface area (Å²) in [5.74, 6) is 0.868. The highest BCUT2D eigenvalue weighted by Gasteiger charge is 2.37. The van der Waals surface area contributed by atoms with E-state index in [1.165, 1.54) is 32.1 Å². The molecule has 0 aromatic carbocycles. The number of unbranched alkanes of at least 4 members (excludes halogenated alkanes) is 1. The quantitative estimate of drug-likeness (QED) is 0.796. The Labute approximate surface area is 105 Å². The first-order chi connectivity index (χ1) is 8.24. The van der Waals surface area contributed by atoms with Gasteiger partial charge in [0.25, 0.3) is 0 Å².